The predicted octanol–water partition coefficient (Wildman–Crippen LogP) is 3.20. The molecular formula is C21H25NO5. The van der Waals surface area contributed by atoms with Crippen LogP contribution in [-0.4, -0.2) is 35.7 Å². The average Bonchev–Trinajstić information content (AvgIpc) is 3.21. The second kappa shape index (κ2) is 6.59. The third-order valence-corrected chi connectivity index (χ3v) is 5.14. The number of fused-ring (bicyclic) bond motifs is 2. The van der Waals surface area contributed by atoms with Crippen molar-refractivity contribution in [3.63, 3.8) is 0 Å². The number of carbonyl (C=O) groups is 2. The minimum atomic E-state index is -0.553. The summed E-state index contributed by atoms with van der Waals surface area (Å²) in [4.78, 5) is 26.9. The predicted molar refractivity (Wildman–Crippen MR) is 98.2 cm³/mol. The normalized spacial score (nSPS) is 21.5. The van der Waals surface area contributed by atoms with Gasteiger partial charge in [0.25, 0.3) is 0 Å². The molecule has 0 N–H and O–H groups in total. The SMILES string of the molecule is CC(C)(C)OC(=O)C1=C2C(Cc3ccc4c(c3)OCO4)CCN2C(=O)CC1. The van der Waals surface area contributed by atoms with E-state index in [9.17, 15) is 9.59 Å². The maximum atomic E-state index is 12.8. The van der Waals surface area contributed by atoms with E-state index in [2.05, 4.69) is 0 Å². The Morgan fingerprint density at radius 3 is 2.78 bits per heavy atom. The molecule has 1 fully saturated rings. The number of ether oxygens (including phenoxy) is 3. The first-order valence-corrected chi connectivity index (χ1v) is 9.47. The largest absolute Gasteiger partial charge is 0.457 e. The molecule has 27 heavy (non-hydrogen) atoms. The van der Waals surface area contributed by atoms with Gasteiger partial charge < -0.3 is 19.1 Å². The summed E-state index contributed by atoms with van der Waals surface area (Å²) in [5, 5.41) is 0. The minimum Gasteiger partial charge on any atom is -0.457 e. The first-order chi connectivity index (χ1) is 12.8. The van der Waals surface area contributed by atoms with E-state index in [0.717, 1.165) is 35.6 Å². The number of esters is 1. The Kier molecular flexibility index (Phi) is 4.36. The van der Waals surface area contributed by atoms with Crippen molar-refractivity contribution in [2.45, 2.75) is 52.1 Å². The van der Waals surface area contributed by atoms with E-state index < -0.39 is 5.60 Å². The smallest absolute Gasteiger partial charge is 0.336 e. The van der Waals surface area contributed by atoms with Crippen LogP contribution in [0.25, 0.3) is 0 Å². The Morgan fingerprint density at radius 2 is 2.00 bits per heavy atom. The van der Waals surface area contributed by atoms with E-state index in [0.29, 0.717) is 25.0 Å². The van der Waals surface area contributed by atoms with Gasteiger partial charge in [-0.05, 0) is 57.7 Å². The van der Waals surface area contributed by atoms with Crippen LogP contribution in [0, 0.1) is 5.92 Å². The Morgan fingerprint density at radius 1 is 1.22 bits per heavy atom. The summed E-state index contributed by atoms with van der Waals surface area (Å²) in [6.07, 6.45) is 2.43. The first kappa shape index (κ1) is 17.9. The molecule has 0 bridgehead atoms. The number of amides is 1. The van der Waals surface area contributed by atoms with Gasteiger partial charge in [0.2, 0.25) is 12.7 Å². The maximum absolute atomic E-state index is 12.8. The molecular weight excluding hydrogens is 346 g/mol. The van der Waals surface area contributed by atoms with Gasteiger partial charge in [0.1, 0.15) is 5.60 Å². The van der Waals surface area contributed by atoms with Gasteiger partial charge in [0, 0.05) is 24.6 Å². The molecule has 4 rings (SSSR count). The summed E-state index contributed by atoms with van der Waals surface area (Å²) in [6, 6.07) is 5.93. The van der Waals surface area contributed by atoms with Gasteiger partial charge in [0.05, 0.1) is 5.57 Å². The van der Waals surface area contributed by atoms with Gasteiger partial charge in [-0.1, -0.05) is 6.07 Å². The summed E-state index contributed by atoms with van der Waals surface area (Å²) in [5.74, 6) is 1.44. The third-order valence-electron chi connectivity index (χ3n) is 5.14. The fourth-order valence-corrected chi connectivity index (χ4v) is 4.02. The molecule has 3 heterocycles. The van der Waals surface area contributed by atoms with Gasteiger partial charge >= 0.3 is 5.97 Å². The summed E-state index contributed by atoms with van der Waals surface area (Å²) in [5.41, 5.74) is 2.08. The van der Waals surface area contributed by atoms with Crippen LogP contribution in [0.15, 0.2) is 29.5 Å². The van der Waals surface area contributed by atoms with Crippen LogP contribution in [0.3, 0.4) is 0 Å². The van der Waals surface area contributed by atoms with Crippen molar-refractivity contribution in [1.29, 1.82) is 0 Å². The first-order valence-electron chi connectivity index (χ1n) is 9.47. The zero-order valence-electron chi connectivity index (χ0n) is 16.0. The van der Waals surface area contributed by atoms with E-state index in [1.54, 1.807) is 4.90 Å². The Labute approximate surface area is 159 Å². The number of rotatable bonds is 3. The molecule has 1 saturated heterocycles. The van der Waals surface area contributed by atoms with Gasteiger partial charge in [-0.25, -0.2) is 4.79 Å². The van der Waals surface area contributed by atoms with Crippen LogP contribution in [0.4, 0.5) is 0 Å². The van der Waals surface area contributed by atoms with E-state index in [4.69, 9.17) is 14.2 Å². The molecule has 3 aliphatic heterocycles. The quantitative estimate of drug-likeness (QED) is 0.764. The molecule has 1 aromatic carbocycles. The van der Waals surface area contributed by atoms with E-state index in [1.165, 1.54) is 0 Å². The minimum absolute atomic E-state index is 0.102. The number of hydrogen-bond acceptors (Lipinski definition) is 5. The fraction of sp³-hybridized carbons (Fsp3) is 0.524. The molecule has 6 nitrogen and oxygen atoms in total. The summed E-state index contributed by atoms with van der Waals surface area (Å²) in [7, 11) is 0. The van der Waals surface area contributed by atoms with Crippen molar-refractivity contribution in [1.82, 2.24) is 4.90 Å². The van der Waals surface area contributed by atoms with E-state index >= 15 is 0 Å². The Bertz CT molecular complexity index is 820. The van der Waals surface area contributed by atoms with Crippen molar-refractivity contribution in [3.05, 3.63) is 35.0 Å². The monoisotopic (exact) mass is 371 g/mol. The zero-order valence-corrected chi connectivity index (χ0v) is 16.0. The summed E-state index contributed by atoms with van der Waals surface area (Å²) < 4.78 is 16.4. The molecule has 6 heteroatoms. The number of hydrogen-bond donors (Lipinski definition) is 0. The van der Waals surface area contributed by atoms with E-state index in [-0.39, 0.29) is 24.6 Å². The van der Waals surface area contributed by atoms with Crippen LogP contribution in [0.5, 0.6) is 11.5 Å². The number of carbonyl (C=O) groups excluding carboxylic acids is 2. The molecule has 1 amide bonds. The molecule has 0 aromatic heterocycles. The van der Waals surface area contributed by atoms with E-state index in [1.807, 2.05) is 39.0 Å². The van der Waals surface area contributed by atoms with Crippen molar-refractivity contribution in [3.8, 4) is 11.5 Å². The number of benzene rings is 1. The van der Waals surface area contributed by atoms with Crippen LogP contribution in [0.1, 0.15) is 45.6 Å². The van der Waals surface area contributed by atoms with Crippen LogP contribution >= 0.6 is 0 Å². The maximum Gasteiger partial charge on any atom is 0.336 e. The molecule has 0 radical (unpaired) electrons. The molecule has 3 aliphatic rings. The van der Waals surface area contributed by atoms with Crippen molar-refractivity contribution in [2.24, 2.45) is 5.92 Å². The molecule has 1 atom stereocenters. The topological polar surface area (TPSA) is 65.1 Å². The van der Waals surface area contributed by atoms with Crippen molar-refractivity contribution >= 4 is 11.9 Å². The lowest BCUT2D eigenvalue weighted by molar-refractivity contribution is -0.150. The highest BCUT2D eigenvalue weighted by atomic mass is 16.7. The molecule has 0 saturated carbocycles. The second-order valence-corrected chi connectivity index (χ2v) is 8.29. The van der Waals surface area contributed by atoms with Crippen molar-refractivity contribution < 1.29 is 23.8 Å². The van der Waals surface area contributed by atoms with Gasteiger partial charge in [-0.2, -0.15) is 0 Å². The lowest BCUT2D eigenvalue weighted by Crippen LogP contribution is -2.35. The highest BCUT2D eigenvalue weighted by molar-refractivity contribution is 5.94. The lowest BCUT2D eigenvalue weighted by atomic mass is 9.90. The molecule has 144 valence electrons. The Balaban J connectivity index is 1.62. The average molecular weight is 371 g/mol. The number of allylic oxidation sites excluding steroid dienone is 1. The third kappa shape index (κ3) is 3.53. The molecule has 1 aromatic rings. The standard InChI is InChI=1S/C21H25NO5/c1-21(2,3)27-20(24)15-5-7-18(23)22-9-8-14(19(15)22)10-13-4-6-16-17(11-13)26-12-25-16/h4,6,11,14H,5,7-10,12H2,1-3H3. The van der Waals surface area contributed by atoms with Crippen LogP contribution in [0.2, 0.25) is 0 Å². The molecule has 0 spiro atoms. The van der Waals surface area contributed by atoms with Crippen LogP contribution < -0.4 is 9.47 Å². The number of nitrogens with zero attached hydrogens (tertiary/aromatic N) is 1. The lowest BCUT2D eigenvalue weighted by Gasteiger charge is -2.30. The highest BCUT2D eigenvalue weighted by Gasteiger charge is 2.40. The highest BCUT2D eigenvalue weighted by Crippen LogP contribution is 2.40. The van der Waals surface area contributed by atoms with Crippen LogP contribution in [-0.2, 0) is 20.7 Å². The fourth-order valence-electron chi connectivity index (χ4n) is 4.02. The molecule has 1 unspecified atom stereocenters. The molecule has 0 aliphatic carbocycles. The summed E-state index contributed by atoms with van der Waals surface area (Å²) in [6.45, 7) is 6.50. The summed E-state index contributed by atoms with van der Waals surface area (Å²) >= 11 is 0. The Hall–Kier alpha value is -2.50. The van der Waals surface area contributed by atoms with Gasteiger partial charge in [-0.15, -0.1) is 0 Å². The van der Waals surface area contributed by atoms with Crippen molar-refractivity contribution in [2.75, 3.05) is 13.3 Å². The van der Waals surface area contributed by atoms with Gasteiger partial charge in [-0.3, -0.25) is 4.79 Å². The zero-order chi connectivity index (χ0) is 19.2. The van der Waals surface area contributed by atoms with Gasteiger partial charge in [0.15, 0.2) is 11.5 Å². The second-order valence-electron chi connectivity index (χ2n) is 8.29.